The van der Waals surface area contributed by atoms with E-state index in [1.54, 1.807) is 0 Å². The van der Waals surface area contributed by atoms with E-state index in [2.05, 4.69) is 15.0 Å². The van der Waals surface area contributed by atoms with Gasteiger partial charge in [0.2, 0.25) is 0 Å². The van der Waals surface area contributed by atoms with Crippen LogP contribution in [0.3, 0.4) is 0 Å². The summed E-state index contributed by atoms with van der Waals surface area (Å²) in [5, 5.41) is 5.32. The second-order valence-electron chi connectivity index (χ2n) is 3.15. The van der Waals surface area contributed by atoms with Crippen molar-refractivity contribution in [2.45, 2.75) is 19.8 Å². The number of hydrogen-bond donors (Lipinski definition) is 3. The third kappa shape index (κ3) is 2.69. The second-order valence-corrected chi connectivity index (χ2v) is 3.93. The van der Waals surface area contributed by atoms with Crippen molar-refractivity contribution >= 4 is 28.5 Å². The molecule has 0 aliphatic rings. The first-order valence-corrected chi connectivity index (χ1v) is 5.64. The molecule has 0 saturated heterocycles. The zero-order chi connectivity index (χ0) is 12.1. The van der Waals surface area contributed by atoms with Crippen LogP contribution in [0.4, 0.5) is 9.80 Å². The summed E-state index contributed by atoms with van der Waals surface area (Å²) in [6.45, 7) is 1.98. The number of hydrogen-bond acceptors (Lipinski definition) is 4. The van der Waals surface area contributed by atoms with Crippen LogP contribution in [0.2, 0.25) is 0 Å². The third-order valence-corrected chi connectivity index (χ3v) is 2.75. The molecule has 7 heteroatoms. The molecule has 1 rings (SSSR count). The lowest BCUT2D eigenvalue weighted by molar-refractivity contribution is 0.100. The summed E-state index contributed by atoms with van der Waals surface area (Å²) < 4.78 is 4.11. The van der Waals surface area contributed by atoms with Gasteiger partial charge in [-0.2, -0.15) is 4.37 Å². The third-order valence-electron chi connectivity index (χ3n) is 1.95. The Bertz CT molecular complexity index is 402. The normalized spacial score (nSPS) is 9.88. The average Bonchev–Trinajstić information content (AvgIpc) is 2.61. The van der Waals surface area contributed by atoms with Gasteiger partial charge in [-0.15, -0.1) is 0 Å². The molecular weight excluding hydrogens is 228 g/mol. The van der Waals surface area contributed by atoms with Crippen LogP contribution in [0.15, 0.2) is 0 Å². The van der Waals surface area contributed by atoms with Crippen molar-refractivity contribution in [1.82, 2.24) is 9.69 Å². The number of aryl methyl sites for hydroxylation is 1. The maximum atomic E-state index is 11.3. The molecule has 1 aromatic rings. The quantitative estimate of drug-likeness (QED) is 0.733. The Morgan fingerprint density at radius 1 is 1.50 bits per heavy atom. The molecule has 0 aromatic carbocycles. The lowest BCUT2D eigenvalue weighted by atomic mass is 10.1. The Labute approximate surface area is 97.4 Å². The van der Waals surface area contributed by atoms with E-state index >= 15 is 0 Å². The van der Waals surface area contributed by atoms with E-state index in [-0.39, 0.29) is 0 Å². The van der Waals surface area contributed by atoms with E-state index in [9.17, 15) is 9.59 Å². The number of primary amides is 1. The van der Waals surface area contributed by atoms with E-state index < -0.39 is 11.9 Å². The van der Waals surface area contributed by atoms with Gasteiger partial charge in [0.25, 0.3) is 5.91 Å². The van der Waals surface area contributed by atoms with Crippen LogP contribution in [-0.4, -0.2) is 23.4 Å². The Kier molecular flexibility index (Phi) is 4.24. The maximum Gasteiger partial charge on any atom is 0.319 e. The molecule has 1 aromatic heterocycles. The van der Waals surface area contributed by atoms with Crippen molar-refractivity contribution in [2.24, 2.45) is 5.73 Å². The van der Waals surface area contributed by atoms with Gasteiger partial charge >= 0.3 is 6.03 Å². The van der Waals surface area contributed by atoms with Gasteiger partial charge in [0, 0.05) is 7.05 Å². The van der Waals surface area contributed by atoms with Crippen LogP contribution in [0.5, 0.6) is 0 Å². The molecule has 0 fully saturated rings. The van der Waals surface area contributed by atoms with E-state index in [1.165, 1.54) is 7.05 Å². The SMILES string of the molecule is CCCc1nsc(NC(=O)NC)c1C(N)=O. The molecule has 88 valence electrons. The standard InChI is InChI=1S/C9H14N4O2S/c1-3-4-5-6(7(10)14)8(16-13-5)12-9(15)11-2/h3-4H2,1-2H3,(H2,10,14)(H2,11,12,15). The minimum Gasteiger partial charge on any atom is -0.365 e. The summed E-state index contributed by atoms with van der Waals surface area (Å²) >= 11 is 1.07. The van der Waals surface area contributed by atoms with Gasteiger partial charge in [-0.25, -0.2) is 4.79 Å². The average molecular weight is 242 g/mol. The van der Waals surface area contributed by atoms with Crippen molar-refractivity contribution in [1.29, 1.82) is 0 Å². The smallest absolute Gasteiger partial charge is 0.319 e. The van der Waals surface area contributed by atoms with Crippen molar-refractivity contribution in [3.8, 4) is 0 Å². The fourth-order valence-corrected chi connectivity index (χ4v) is 2.07. The van der Waals surface area contributed by atoms with Gasteiger partial charge in [0.05, 0.1) is 11.3 Å². The minimum atomic E-state index is -0.566. The number of nitrogens with one attached hydrogen (secondary N) is 2. The first-order valence-electron chi connectivity index (χ1n) is 4.87. The van der Waals surface area contributed by atoms with Gasteiger partial charge in [-0.05, 0) is 18.0 Å². The molecule has 0 aliphatic carbocycles. The molecule has 0 saturated carbocycles. The van der Waals surface area contributed by atoms with E-state index in [1.807, 2.05) is 6.92 Å². The molecule has 0 bridgehead atoms. The first-order chi connectivity index (χ1) is 7.60. The molecular formula is C9H14N4O2S. The highest BCUT2D eigenvalue weighted by Crippen LogP contribution is 2.25. The number of aromatic nitrogens is 1. The molecule has 6 nitrogen and oxygen atoms in total. The number of nitrogens with zero attached hydrogens (tertiary/aromatic N) is 1. The summed E-state index contributed by atoms with van der Waals surface area (Å²) in [7, 11) is 1.49. The summed E-state index contributed by atoms with van der Waals surface area (Å²) in [5.74, 6) is -0.566. The predicted molar refractivity (Wildman–Crippen MR) is 62.7 cm³/mol. The highest BCUT2D eigenvalue weighted by Gasteiger charge is 2.19. The lowest BCUT2D eigenvalue weighted by Gasteiger charge is -2.03. The largest absolute Gasteiger partial charge is 0.365 e. The molecule has 4 N–H and O–H groups in total. The number of amides is 3. The number of nitrogens with two attached hydrogens (primary N) is 1. The summed E-state index contributed by atoms with van der Waals surface area (Å²) in [5.41, 5.74) is 6.22. The summed E-state index contributed by atoms with van der Waals surface area (Å²) in [6, 6.07) is -0.394. The van der Waals surface area contributed by atoms with Crippen LogP contribution >= 0.6 is 11.5 Å². The molecule has 1 heterocycles. The van der Waals surface area contributed by atoms with Crippen molar-refractivity contribution in [2.75, 3.05) is 12.4 Å². The molecule has 0 unspecified atom stereocenters. The Balaban J connectivity index is 3.00. The van der Waals surface area contributed by atoms with Crippen LogP contribution in [-0.2, 0) is 6.42 Å². The van der Waals surface area contributed by atoms with Crippen LogP contribution in [0, 0.1) is 0 Å². The Hall–Kier alpha value is -1.63. The zero-order valence-electron chi connectivity index (χ0n) is 9.16. The molecule has 0 aliphatic heterocycles. The van der Waals surface area contributed by atoms with Gasteiger partial charge in [0.1, 0.15) is 5.00 Å². The van der Waals surface area contributed by atoms with Crippen LogP contribution in [0.1, 0.15) is 29.4 Å². The molecule has 16 heavy (non-hydrogen) atoms. The van der Waals surface area contributed by atoms with Crippen LogP contribution in [0.25, 0.3) is 0 Å². The highest BCUT2D eigenvalue weighted by molar-refractivity contribution is 7.11. The summed E-state index contributed by atoms with van der Waals surface area (Å²) in [6.07, 6.45) is 1.54. The molecule has 0 spiro atoms. The number of carbonyl (C=O) groups is 2. The Morgan fingerprint density at radius 2 is 2.19 bits per heavy atom. The lowest BCUT2D eigenvalue weighted by Crippen LogP contribution is -2.25. The maximum absolute atomic E-state index is 11.3. The molecule has 3 amide bonds. The monoisotopic (exact) mass is 242 g/mol. The van der Waals surface area contributed by atoms with E-state index in [0.717, 1.165) is 18.0 Å². The minimum absolute atomic E-state index is 0.315. The summed E-state index contributed by atoms with van der Waals surface area (Å²) in [4.78, 5) is 22.4. The number of carbonyl (C=O) groups excluding carboxylic acids is 2. The van der Waals surface area contributed by atoms with Crippen molar-refractivity contribution in [3.63, 3.8) is 0 Å². The number of anilines is 1. The van der Waals surface area contributed by atoms with Gasteiger partial charge < -0.3 is 11.1 Å². The van der Waals surface area contributed by atoms with Crippen molar-refractivity contribution < 1.29 is 9.59 Å². The molecule has 0 atom stereocenters. The first kappa shape index (κ1) is 12.4. The highest BCUT2D eigenvalue weighted by atomic mass is 32.1. The second kappa shape index (κ2) is 5.45. The van der Waals surface area contributed by atoms with Crippen LogP contribution < -0.4 is 16.4 Å². The van der Waals surface area contributed by atoms with Crippen molar-refractivity contribution in [3.05, 3.63) is 11.3 Å². The van der Waals surface area contributed by atoms with Gasteiger partial charge in [0.15, 0.2) is 0 Å². The Morgan fingerprint density at radius 3 is 2.69 bits per heavy atom. The van der Waals surface area contributed by atoms with Gasteiger partial charge in [-0.1, -0.05) is 13.3 Å². The van der Waals surface area contributed by atoms with Gasteiger partial charge in [-0.3, -0.25) is 10.1 Å². The van der Waals surface area contributed by atoms with E-state index in [0.29, 0.717) is 22.7 Å². The fraction of sp³-hybridized carbons (Fsp3) is 0.444. The zero-order valence-corrected chi connectivity index (χ0v) is 9.98. The number of rotatable bonds is 4. The fourth-order valence-electron chi connectivity index (χ4n) is 1.24. The molecule has 0 radical (unpaired) electrons. The van der Waals surface area contributed by atoms with E-state index in [4.69, 9.17) is 5.73 Å². The number of urea groups is 1. The topological polar surface area (TPSA) is 97.1 Å². The predicted octanol–water partition coefficient (Wildman–Crippen LogP) is 0.946.